The van der Waals surface area contributed by atoms with Crippen molar-refractivity contribution >= 4 is 39.1 Å². The van der Waals surface area contributed by atoms with Gasteiger partial charge in [-0.25, -0.2) is 0 Å². The fraction of sp³-hybridized carbons (Fsp3) is 0.167. The molecule has 0 amide bonds. The molecule has 0 bridgehead atoms. The maximum atomic E-state index is 11.0. The van der Waals surface area contributed by atoms with Gasteiger partial charge in [-0.1, -0.05) is 15.9 Å². The van der Waals surface area contributed by atoms with E-state index in [1.807, 2.05) is 0 Å². The lowest BCUT2D eigenvalue weighted by Crippen LogP contribution is -2.29. The number of pyridine rings is 1. The number of hydrogen-bond donors (Lipinski definition) is 0. The van der Waals surface area contributed by atoms with E-state index in [1.54, 1.807) is 6.07 Å². The third-order valence-electron chi connectivity index (χ3n) is 1.20. The van der Waals surface area contributed by atoms with Gasteiger partial charge in [0.25, 0.3) is 10.3 Å². The maximum Gasteiger partial charge on any atom is 0.291 e. The van der Waals surface area contributed by atoms with Gasteiger partial charge in [-0.15, -0.1) is 4.73 Å². The van der Waals surface area contributed by atoms with Crippen LogP contribution in [0.4, 0.5) is 0 Å². The van der Waals surface area contributed by atoms with Crippen molar-refractivity contribution in [2.45, 2.75) is 5.33 Å². The van der Waals surface area contributed by atoms with Crippen molar-refractivity contribution < 1.29 is 4.73 Å². The van der Waals surface area contributed by atoms with Crippen LogP contribution in [-0.2, 0) is 5.33 Å². The molecule has 0 aliphatic rings. The van der Waals surface area contributed by atoms with Gasteiger partial charge < -0.3 is 5.21 Å². The van der Waals surface area contributed by atoms with Gasteiger partial charge in [-0.05, 0) is 29.3 Å². The first-order chi connectivity index (χ1) is 5.16. The fourth-order valence-electron chi connectivity index (χ4n) is 0.630. The first kappa shape index (κ1) is 9.10. The molecule has 2 nitrogen and oxygen atoms in total. The Kier molecular flexibility index (Phi) is 2.98. The highest BCUT2D eigenvalue weighted by Crippen LogP contribution is 2.16. The Morgan fingerprint density at radius 3 is 2.64 bits per heavy atom. The molecule has 0 fully saturated rings. The molecule has 0 atom stereocenters. The van der Waals surface area contributed by atoms with Crippen LogP contribution in [0.25, 0.3) is 0 Å². The van der Waals surface area contributed by atoms with Crippen LogP contribution >= 0.6 is 39.1 Å². The van der Waals surface area contributed by atoms with E-state index in [2.05, 4.69) is 15.9 Å². The summed E-state index contributed by atoms with van der Waals surface area (Å²) in [5.74, 6) is 0. The average molecular weight is 257 g/mol. The van der Waals surface area contributed by atoms with Gasteiger partial charge in [0.2, 0.25) is 0 Å². The van der Waals surface area contributed by atoms with E-state index in [-0.39, 0.29) is 10.3 Å². The molecule has 0 radical (unpaired) electrons. The molecule has 1 rings (SSSR count). The summed E-state index contributed by atoms with van der Waals surface area (Å²) in [6.45, 7) is 0. The van der Waals surface area contributed by atoms with Crippen molar-refractivity contribution in [1.29, 1.82) is 0 Å². The van der Waals surface area contributed by atoms with Crippen molar-refractivity contribution in [2.24, 2.45) is 0 Å². The Bertz CT molecular complexity index is 280. The van der Waals surface area contributed by atoms with Crippen LogP contribution in [0.2, 0.25) is 10.3 Å². The Hall–Kier alpha value is 0.01000. The molecule has 0 aliphatic heterocycles. The van der Waals surface area contributed by atoms with Crippen molar-refractivity contribution in [3.63, 3.8) is 0 Å². The molecular formula is C6H4BrCl2NO. The number of alkyl halides is 1. The Balaban J connectivity index is 3.25. The summed E-state index contributed by atoms with van der Waals surface area (Å²) >= 11 is 14.3. The molecule has 0 N–H and O–H groups in total. The molecule has 0 saturated heterocycles. The first-order valence-corrected chi connectivity index (χ1v) is 4.67. The van der Waals surface area contributed by atoms with E-state index in [4.69, 9.17) is 23.2 Å². The lowest BCUT2D eigenvalue weighted by atomic mass is 10.3. The highest BCUT2D eigenvalue weighted by Gasteiger charge is 2.11. The molecule has 0 aromatic carbocycles. The molecule has 0 aliphatic carbocycles. The predicted molar refractivity (Wildman–Crippen MR) is 48.1 cm³/mol. The van der Waals surface area contributed by atoms with E-state index in [1.165, 1.54) is 6.07 Å². The maximum absolute atomic E-state index is 11.0. The first-order valence-electron chi connectivity index (χ1n) is 2.79. The van der Waals surface area contributed by atoms with Gasteiger partial charge in [0.1, 0.15) is 0 Å². The SMILES string of the molecule is [O-][n+]1c(Cl)ccc(CBr)c1Cl. The van der Waals surface area contributed by atoms with Crippen LogP contribution in [-0.4, -0.2) is 0 Å². The van der Waals surface area contributed by atoms with E-state index < -0.39 is 0 Å². The predicted octanol–water partition coefficient (Wildman–Crippen LogP) is 2.52. The topological polar surface area (TPSA) is 26.9 Å². The van der Waals surface area contributed by atoms with Crippen LogP contribution in [0.15, 0.2) is 12.1 Å². The number of halogens is 3. The molecule has 0 saturated carbocycles. The average Bonchev–Trinajstić information content (AvgIpc) is 2.01. The number of nitrogens with zero attached hydrogens (tertiary/aromatic N) is 1. The summed E-state index contributed by atoms with van der Waals surface area (Å²) < 4.78 is 0.486. The standard InChI is InChI=1S/C6H4BrCl2NO/c7-3-4-1-2-5(8)10(11)6(4)9/h1-2H,3H2. The zero-order valence-electron chi connectivity index (χ0n) is 5.35. The Labute approximate surface area is 82.4 Å². The molecule has 11 heavy (non-hydrogen) atoms. The van der Waals surface area contributed by atoms with Crippen LogP contribution < -0.4 is 4.73 Å². The van der Waals surface area contributed by atoms with Gasteiger partial charge in [0.05, 0.1) is 0 Å². The summed E-state index contributed by atoms with van der Waals surface area (Å²) in [7, 11) is 0. The highest BCUT2D eigenvalue weighted by molar-refractivity contribution is 9.08. The minimum absolute atomic E-state index is 0.0831. The molecular weight excluding hydrogens is 253 g/mol. The van der Waals surface area contributed by atoms with Crippen molar-refractivity contribution in [2.75, 3.05) is 0 Å². The number of hydrogen-bond acceptors (Lipinski definition) is 1. The molecule has 5 heteroatoms. The summed E-state index contributed by atoms with van der Waals surface area (Å²) in [5, 5.41) is 11.7. The monoisotopic (exact) mass is 255 g/mol. The third-order valence-corrected chi connectivity index (χ3v) is 2.48. The summed E-state index contributed by atoms with van der Waals surface area (Å²) in [4.78, 5) is 0. The van der Waals surface area contributed by atoms with Gasteiger partial charge in [-0.3, -0.25) is 0 Å². The van der Waals surface area contributed by atoms with Crippen molar-refractivity contribution in [1.82, 2.24) is 0 Å². The van der Waals surface area contributed by atoms with E-state index in [9.17, 15) is 5.21 Å². The quantitative estimate of drug-likeness (QED) is 0.328. The minimum Gasteiger partial charge on any atom is -0.617 e. The van der Waals surface area contributed by atoms with Crippen molar-refractivity contribution in [3.8, 4) is 0 Å². The number of rotatable bonds is 1. The van der Waals surface area contributed by atoms with Crippen LogP contribution in [0, 0.1) is 5.21 Å². The molecule has 0 spiro atoms. The fourth-order valence-corrected chi connectivity index (χ4v) is 1.66. The molecule has 1 heterocycles. The van der Waals surface area contributed by atoms with Gasteiger partial charge in [0.15, 0.2) is 0 Å². The van der Waals surface area contributed by atoms with Crippen LogP contribution in [0.1, 0.15) is 5.56 Å². The largest absolute Gasteiger partial charge is 0.617 e. The summed E-state index contributed by atoms with van der Waals surface area (Å²) in [6, 6.07) is 3.21. The zero-order valence-corrected chi connectivity index (χ0v) is 8.45. The smallest absolute Gasteiger partial charge is 0.291 e. The zero-order chi connectivity index (χ0) is 8.43. The van der Waals surface area contributed by atoms with Gasteiger partial charge in [-0.2, -0.15) is 0 Å². The Morgan fingerprint density at radius 2 is 2.09 bits per heavy atom. The second-order valence-electron chi connectivity index (χ2n) is 1.90. The summed E-state index contributed by atoms with van der Waals surface area (Å²) in [6.07, 6.45) is 0. The molecule has 1 aromatic heterocycles. The van der Waals surface area contributed by atoms with Crippen LogP contribution in [0.3, 0.4) is 0 Å². The lowest BCUT2D eigenvalue weighted by molar-refractivity contribution is -0.601. The van der Waals surface area contributed by atoms with Gasteiger partial charge in [0, 0.05) is 17.0 Å². The van der Waals surface area contributed by atoms with Crippen LogP contribution in [0.5, 0.6) is 0 Å². The van der Waals surface area contributed by atoms with Crippen molar-refractivity contribution in [3.05, 3.63) is 33.2 Å². The second kappa shape index (κ2) is 3.61. The molecule has 60 valence electrons. The van der Waals surface area contributed by atoms with E-state index in [0.29, 0.717) is 10.1 Å². The molecule has 1 aromatic rings. The normalized spacial score (nSPS) is 10.1. The number of aromatic nitrogens is 1. The molecule has 0 unspecified atom stereocenters. The third kappa shape index (κ3) is 1.78. The highest BCUT2D eigenvalue weighted by atomic mass is 79.9. The summed E-state index contributed by atoms with van der Waals surface area (Å²) in [5.41, 5.74) is 0.728. The second-order valence-corrected chi connectivity index (χ2v) is 3.21. The Morgan fingerprint density at radius 1 is 1.45 bits per heavy atom. The van der Waals surface area contributed by atoms with E-state index in [0.717, 1.165) is 5.56 Å². The van der Waals surface area contributed by atoms with E-state index >= 15 is 0 Å². The van der Waals surface area contributed by atoms with Gasteiger partial charge >= 0.3 is 0 Å². The lowest BCUT2D eigenvalue weighted by Gasteiger charge is -2.02. The minimum atomic E-state index is 0.0831.